The Kier molecular flexibility index (Phi) is 3.17. The number of rotatable bonds is 5. The minimum Gasteiger partial charge on any atom is -0.469 e. The molecule has 0 aromatic heterocycles. The third kappa shape index (κ3) is 1.48. The number of nitrogens with zero attached hydrogens (tertiary/aromatic N) is 1. The van der Waals surface area contributed by atoms with E-state index in [0.717, 1.165) is 25.8 Å². The molecule has 5 rings (SSSR count). The van der Waals surface area contributed by atoms with Crippen LogP contribution in [0.5, 0.6) is 0 Å². The number of methoxy groups -OCH3 is 1. The number of ether oxygens (including phenoxy) is 2. The van der Waals surface area contributed by atoms with E-state index in [0.29, 0.717) is 0 Å². The smallest absolute Gasteiger partial charge is 0.308 e. The molecule has 0 saturated carbocycles. The van der Waals surface area contributed by atoms with Crippen LogP contribution >= 0.6 is 0 Å². The molecule has 0 radical (unpaired) electrons. The zero-order valence-corrected chi connectivity index (χ0v) is 13.7. The number of piperidine rings is 1. The number of carbonyl (C=O) groups excluding carboxylic acids is 1. The minimum atomic E-state index is -1.14. The summed E-state index contributed by atoms with van der Waals surface area (Å²) in [6.45, 7) is 5.12. The van der Waals surface area contributed by atoms with Crippen LogP contribution in [0, 0.1) is 17.8 Å². The highest BCUT2D eigenvalue weighted by Gasteiger charge is 2.80. The zero-order valence-electron chi connectivity index (χ0n) is 13.7. The number of esters is 1. The Hall–Kier alpha value is -0.650. The van der Waals surface area contributed by atoms with E-state index in [-0.39, 0.29) is 41.4 Å². The van der Waals surface area contributed by atoms with Crippen LogP contribution in [0.15, 0.2) is 0 Å². The van der Waals surface area contributed by atoms with Gasteiger partial charge in [-0.2, -0.15) is 0 Å². The van der Waals surface area contributed by atoms with Crippen LogP contribution in [0.4, 0.5) is 0 Å². The lowest BCUT2D eigenvalue weighted by Gasteiger charge is -2.51. The average Bonchev–Trinajstić information content (AvgIpc) is 3.04. The first-order chi connectivity index (χ1) is 10.5. The molecule has 0 aromatic rings. The van der Waals surface area contributed by atoms with Crippen molar-refractivity contribution in [2.24, 2.45) is 17.8 Å². The van der Waals surface area contributed by atoms with Crippen molar-refractivity contribution in [3.63, 3.8) is 0 Å². The monoisotopic (exact) mass is 309 g/mol. The van der Waals surface area contributed by atoms with Crippen molar-refractivity contribution in [1.29, 1.82) is 0 Å². The summed E-state index contributed by atoms with van der Waals surface area (Å²) in [5.41, 5.74) is 0.0295. The van der Waals surface area contributed by atoms with Gasteiger partial charge in [0.2, 0.25) is 0 Å². The number of hydrogen-bond acceptors (Lipinski definition) is 5. The van der Waals surface area contributed by atoms with Crippen LogP contribution in [-0.4, -0.2) is 53.1 Å². The summed E-state index contributed by atoms with van der Waals surface area (Å²) in [6.07, 6.45) is 5.53. The predicted octanol–water partition coefficient (Wildman–Crippen LogP) is 1.54. The molecule has 5 aliphatic heterocycles. The lowest BCUT2D eigenvalue weighted by Crippen LogP contribution is -2.63. The van der Waals surface area contributed by atoms with Crippen molar-refractivity contribution >= 4 is 5.97 Å². The molecule has 5 heterocycles. The fourth-order valence-corrected chi connectivity index (χ4v) is 6.28. The van der Waals surface area contributed by atoms with E-state index in [1.54, 1.807) is 0 Å². The zero-order chi connectivity index (χ0) is 15.7. The van der Waals surface area contributed by atoms with Gasteiger partial charge in [0.25, 0.3) is 0 Å². The van der Waals surface area contributed by atoms with E-state index < -0.39 is 5.79 Å². The SMILES string of the molecule is CCCC[C@@]12[C@@H]3C[C@H]4[C@@H]([C@H](C)C(=O)OC)[C@@](O)(O3)[C@@H]1CCN42. The van der Waals surface area contributed by atoms with Crippen LogP contribution in [0.3, 0.4) is 0 Å². The molecule has 5 saturated heterocycles. The summed E-state index contributed by atoms with van der Waals surface area (Å²) < 4.78 is 11.1. The summed E-state index contributed by atoms with van der Waals surface area (Å²) in [6, 6.07) is 0.258. The van der Waals surface area contributed by atoms with Gasteiger partial charge in [-0.25, -0.2) is 0 Å². The van der Waals surface area contributed by atoms with E-state index in [1.807, 2.05) is 6.92 Å². The molecule has 5 heteroatoms. The molecule has 1 N–H and O–H groups in total. The minimum absolute atomic E-state index is 0.0295. The van der Waals surface area contributed by atoms with Crippen molar-refractivity contribution in [3.8, 4) is 0 Å². The molecule has 5 nitrogen and oxygen atoms in total. The van der Waals surface area contributed by atoms with Gasteiger partial charge in [0, 0.05) is 17.9 Å². The van der Waals surface area contributed by atoms with Gasteiger partial charge in [-0.15, -0.1) is 0 Å². The van der Waals surface area contributed by atoms with E-state index in [4.69, 9.17) is 9.47 Å². The fraction of sp³-hybridized carbons (Fsp3) is 0.941. The van der Waals surface area contributed by atoms with Gasteiger partial charge >= 0.3 is 5.97 Å². The molecular formula is C17H27NO4. The number of hydrogen-bond donors (Lipinski definition) is 1. The quantitative estimate of drug-likeness (QED) is 0.781. The highest BCUT2D eigenvalue weighted by atomic mass is 16.6. The third-order valence-corrected chi connectivity index (χ3v) is 6.98. The average molecular weight is 309 g/mol. The lowest BCUT2D eigenvalue weighted by atomic mass is 9.68. The van der Waals surface area contributed by atoms with Crippen LogP contribution in [0.25, 0.3) is 0 Å². The Bertz CT molecular complexity index is 497. The van der Waals surface area contributed by atoms with Crippen LogP contribution in [0.2, 0.25) is 0 Å². The summed E-state index contributed by atoms with van der Waals surface area (Å²) in [5, 5.41) is 11.4. The Morgan fingerprint density at radius 1 is 1.55 bits per heavy atom. The van der Waals surface area contributed by atoms with Crippen molar-refractivity contribution in [1.82, 2.24) is 4.90 Å². The van der Waals surface area contributed by atoms with E-state index in [9.17, 15) is 9.90 Å². The normalized spacial score (nSPS) is 52.3. The number of aliphatic hydroxyl groups is 1. The molecule has 0 amide bonds. The van der Waals surface area contributed by atoms with E-state index in [2.05, 4.69) is 11.8 Å². The highest BCUT2D eigenvalue weighted by Crippen LogP contribution is 2.68. The van der Waals surface area contributed by atoms with Gasteiger partial charge in [0.15, 0.2) is 5.79 Å². The second kappa shape index (κ2) is 4.68. The molecule has 8 atom stereocenters. The largest absolute Gasteiger partial charge is 0.469 e. The molecule has 6 bridgehead atoms. The standard InChI is InChI=1S/C17H27NO4/c1-4-5-7-16-12-6-8-18(16)11-9-13(16)22-17(12,20)14(11)10(2)15(19)21-3/h10-14,20H,4-9H2,1-3H3/t10-,11-,12+,13-,14+,16-,17-/m0/s1. The maximum atomic E-state index is 12.1. The molecule has 1 unspecified atom stereocenters. The highest BCUT2D eigenvalue weighted by molar-refractivity contribution is 5.72. The third-order valence-electron chi connectivity index (χ3n) is 6.98. The topological polar surface area (TPSA) is 59.0 Å². The molecule has 22 heavy (non-hydrogen) atoms. The van der Waals surface area contributed by atoms with Crippen LogP contribution < -0.4 is 0 Å². The molecule has 5 aliphatic rings. The van der Waals surface area contributed by atoms with E-state index in [1.165, 1.54) is 20.0 Å². The Morgan fingerprint density at radius 2 is 2.32 bits per heavy atom. The number of unbranched alkanes of at least 4 members (excludes halogenated alkanes) is 1. The maximum absolute atomic E-state index is 12.1. The number of carbonyl (C=O) groups is 1. The molecule has 0 spiro atoms. The van der Waals surface area contributed by atoms with Gasteiger partial charge < -0.3 is 14.6 Å². The van der Waals surface area contributed by atoms with Crippen molar-refractivity contribution in [2.75, 3.05) is 13.7 Å². The van der Waals surface area contributed by atoms with Crippen LogP contribution in [0.1, 0.15) is 46.0 Å². The molecular weight excluding hydrogens is 282 g/mol. The van der Waals surface area contributed by atoms with Crippen molar-refractivity contribution in [2.45, 2.75) is 69.4 Å². The Balaban J connectivity index is 1.72. The van der Waals surface area contributed by atoms with Gasteiger partial charge in [0.1, 0.15) is 0 Å². The summed E-state index contributed by atoms with van der Waals surface area (Å²) in [7, 11) is 1.42. The first-order valence-corrected chi connectivity index (χ1v) is 8.75. The summed E-state index contributed by atoms with van der Waals surface area (Å²) in [4.78, 5) is 14.7. The van der Waals surface area contributed by atoms with E-state index >= 15 is 0 Å². The summed E-state index contributed by atoms with van der Waals surface area (Å²) in [5.74, 6) is -1.72. The molecule has 0 aliphatic carbocycles. The molecule has 124 valence electrons. The first kappa shape index (κ1) is 14.9. The van der Waals surface area contributed by atoms with Gasteiger partial charge in [-0.3, -0.25) is 9.69 Å². The second-order valence-electron chi connectivity index (χ2n) is 7.63. The summed E-state index contributed by atoms with van der Waals surface area (Å²) >= 11 is 0. The maximum Gasteiger partial charge on any atom is 0.308 e. The predicted molar refractivity (Wildman–Crippen MR) is 80.0 cm³/mol. The van der Waals surface area contributed by atoms with Gasteiger partial charge in [-0.1, -0.05) is 26.7 Å². The van der Waals surface area contributed by atoms with Crippen molar-refractivity contribution < 1.29 is 19.4 Å². The fourth-order valence-electron chi connectivity index (χ4n) is 6.28. The van der Waals surface area contributed by atoms with Gasteiger partial charge in [-0.05, 0) is 25.8 Å². The molecule has 0 aromatic carbocycles. The van der Waals surface area contributed by atoms with Crippen molar-refractivity contribution in [3.05, 3.63) is 0 Å². The second-order valence-corrected chi connectivity index (χ2v) is 7.63. The Morgan fingerprint density at radius 3 is 3.00 bits per heavy atom. The van der Waals surface area contributed by atoms with Crippen LogP contribution in [-0.2, 0) is 14.3 Å². The Labute approximate surface area is 131 Å². The first-order valence-electron chi connectivity index (χ1n) is 8.75. The molecule has 5 fully saturated rings. The van der Waals surface area contributed by atoms with Gasteiger partial charge in [0.05, 0.1) is 24.7 Å². The lowest BCUT2D eigenvalue weighted by molar-refractivity contribution is -0.283.